The standard InChI is InChI=1S/C10H12FNO/c1-7-4-8(11)2-3-10(7)12-9-5-13-6-9/h2-4,9,12H,5-6H2,1H3. The molecular formula is C10H12FNO. The number of rotatable bonds is 2. The Bertz CT molecular complexity index is 310. The lowest BCUT2D eigenvalue weighted by atomic mass is 10.1. The molecule has 0 radical (unpaired) electrons. The maximum Gasteiger partial charge on any atom is 0.123 e. The number of halogens is 1. The molecule has 2 nitrogen and oxygen atoms in total. The monoisotopic (exact) mass is 181 g/mol. The zero-order valence-corrected chi connectivity index (χ0v) is 7.51. The van der Waals surface area contributed by atoms with Crippen molar-refractivity contribution >= 4 is 5.69 Å². The van der Waals surface area contributed by atoms with E-state index in [0.29, 0.717) is 6.04 Å². The van der Waals surface area contributed by atoms with E-state index in [-0.39, 0.29) is 5.82 Å². The quantitative estimate of drug-likeness (QED) is 0.752. The van der Waals surface area contributed by atoms with Gasteiger partial charge in [0.05, 0.1) is 19.3 Å². The van der Waals surface area contributed by atoms with Crippen LogP contribution in [0.3, 0.4) is 0 Å². The van der Waals surface area contributed by atoms with Gasteiger partial charge in [0.1, 0.15) is 5.82 Å². The van der Waals surface area contributed by atoms with Crippen LogP contribution in [0.1, 0.15) is 5.56 Å². The van der Waals surface area contributed by atoms with Gasteiger partial charge in [-0.2, -0.15) is 0 Å². The molecule has 0 unspecified atom stereocenters. The third-order valence-corrected chi connectivity index (χ3v) is 2.19. The summed E-state index contributed by atoms with van der Waals surface area (Å²) < 4.78 is 17.8. The number of hydrogen-bond acceptors (Lipinski definition) is 2. The number of hydrogen-bond donors (Lipinski definition) is 1. The maximum absolute atomic E-state index is 12.7. The van der Waals surface area contributed by atoms with E-state index in [0.717, 1.165) is 24.5 Å². The van der Waals surface area contributed by atoms with Gasteiger partial charge in [-0.05, 0) is 30.7 Å². The average molecular weight is 181 g/mol. The average Bonchev–Trinajstić information content (AvgIpc) is 1.99. The first-order valence-corrected chi connectivity index (χ1v) is 4.36. The van der Waals surface area contributed by atoms with Crippen LogP contribution in [-0.2, 0) is 4.74 Å². The molecule has 1 aromatic carbocycles. The molecule has 0 bridgehead atoms. The molecule has 0 aromatic heterocycles. The van der Waals surface area contributed by atoms with Gasteiger partial charge in [0.25, 0.3) is 0 Å². The van der Waals surface area contributed by atoms with Gasteiger partial charge < -0.3 is 10.1 Å². The van der Waals surface area contributed by atoms with Gasteiger partial charge in [-0.15, -0.1) is 0 Å². The first-order chi connectivity index (χ1) is 6.25. The van der Waals surface area contributed by atoms with E-state index >= 15 is 0 Å². The Morgan fingerprint density at radius 1 is 1.46 bits per heavy atom. The predicted octanol–water partition coefficient (Wildman–Crippen LogP) is 1.94. The summed E-state index contributed by atoms with van der Waals surface area (Å²) in [5.74, 6) is -0.187. The van der Waals surface area contributed by atoms with Crippen molar-refractivity contribution in [1.82, 2.24) is 0 Å². The summed E-state index contributed by atoms with van der Waals surface area (Å²) in [6, 6.07) is 5.16. The highest BCUT2D eigenvalue weighted by Crippen LogP contribution is 2.18. The summed E-state index contributed by atoms with van der Waals surface area (Å²) in [4.78, 5) is 0. The van der Waals surface area contributed by atoms with Gasteiger partial charge in [-0.1, -0.05) is 0 Å². The molecule has 1 aromatic rings. The summed E-state index contributed by atoms with van der Waals surface area (Å²) in [7, 11) is 0. The Balaban J connectivity index is 2.10. The second-order valence-corrected chi connectivity index (χ2v) is 3.34. The molecule has 13 heavy (non-hydrogen) atoms. The first kappa shape index (κ1) is 8.51. The highest BCUT2D eigenvalue weighted by Gasteiger charge is 2.18. The summed E-state index contributed by atoms with van der Waals surface area (Å²) in [5, 5.41) is 3.28. The minimum Gasteiger partial charge on any atom is -0.377 e. The van der Waals surface area contributed by atoms with E-state index in [1.54, 1.807) is 6.07 Å². The second kappa shape index (κ2) is 3.34. The fraction of sp³-hybridized carbons (Fsp3) is 0.400. The molecule has 0 amide bonds. The molecule has 1 saturated heterocycles. The molecule has 0 spiro atoms. The fourth-order valence-electron chi connectivity index (χ4n) is 1.33. The summed E-state index contributed by atoms with van der Waals surface area (Å²) in [5.41, 5.74) is 1.93. The summed E-state index contributed by atoms with van der Waals surface area (Å²) in [6.45, 7) is 3.39. The molecule has 2 rings (SSSR count). The fourth-order valence-corrected chi connectivity index (χ4v) is 1.33. The van der Waals surface area contributed by atoms with Crippen LogP contribution in [0.25, 0.3) is 0 Å². The van der Waals surface area contributed by atoms with Crippen molar-refractivity contribution in [2.75, 3.05) is 18.5 Å². The van der Waals surface area contributed by atoms with Gasteiger partial charge in [0, 0.05) is 5.69 Å². The Morgan fingerprint density at radius 2 is 2.23 bits per heavy atom. The number of nitrogens with one attached hydrogen (secondary N) is 1. The van der Waals surface area contributed by atoms with Crippen LogP contribution in [0.15, 0.2) is 18.2 Å². The van der Waals surface area contributed by atoms with Crippen LogP contribution in [0, 0.1) is 12.7 Å². The Morgan fingerprint density at radius 3 is 2.77 bits per heavy atom. The van der Waals surface area contributed by atoms with Crippen LogP contribution in [0.5, 0.6) is 0 Å². The molecule has 1 aliphatic heterocycles. The Hall–Kier alpha value is -1.09. The van der Waals surface area contributed by atoms with Crippen molar-refractivity contribution in [2.45, 2.75) is 13.0 Å². The number of ether oxygens (including phenoxy) is 1. The predicted molar refractivity (Wildman–Crippen MR) is 49.4 cm³/mol. The minimum atomic E-state index is -0.187. The molecule has 0 aliphatic carbocycles. The normalized spacial score (nSPS) is 16.8. The van der Waals surface area contributed by atoms with Crippen molar-refractivity contribution in [3.05, 3.63) is 29.6 Å². The molecule has 1 N–H and O–H groups in total. The van der Waals surface area contributed by atoms with Crippen molar-refractivity contribution in [3.63, 3.8) is 0 Å². The topological polar surface area (TPSA) is 21.3 Å². The van der Waals surface area contributed by atoms with Gasteiger partial charge in [-0.3, -0.25) is 0 Å². The molecular weight excluding hydrogens is 169 g/mol. The number of benzene rings is 1. The molecule has 1 heterocycles. The van der Waals surface area contributed by atoms with E-state index in [1.165, 1.54) is 12.1 Å². The van der Waals surface area contributed by atoms with E-state index in [1.807, 2.05) is 6.92 Å². The second-order valence-electron chi connectivity index (χ2n) is 3.34. The van der Waals surface area contributed by atoms with E-state index in [2.05, 4.69) is 5.32 Å². The third kappa shape index (κ3) is 1.80. The Labute approximate surface area is 76.7 Å². The van der Waals surface area contributed by atoms with Crippen LogP contribution in [0.4, 0.5) is 10.1 Å². The van der Waals surface area contributed by atoms with Crippen molar-refractivity contribution in [3.8, 4) is 0 Å². The molecule has 1 fully saturated rings. The largest absolute Gasteiger partial charge is 0.377 e. The Kier molecular flexibility index (Phi) is 2.19. The lowest BCUT2D eigenvalue weighted by molar-refractivity contribution is 0.0211. The SMILES string of the molecule is Cc1cc(F)ccc1NC1COC1. The van der Waals surface area contributed by atoms with Crippen LogP contribution >= 0.6 is 0 Å². The van der Waals surface area contributed by atoms with E-state index < -0.39 is 0 Å². The number of anilines is 1. The van der Waals surface area contributed by atoms with Crippen LogP contribution in [-0.4, -0.2) is 19.3 Å². The molecule has 70 valence electrons. The smallest absolute Gasteiger partial charge is 0.123 e. The van der Waals surface area contributed by atoms with Crippen molar-refractivity contribution in [1.29, 1.82) is 0 Å². The van der Waals surface area contributed by atoms with Crippen LogP contribution < -0.4 is 5.32 Å². The van der Waals surface area contributed by atoms with Gasteiger partial charge in [-0.25, -0.2) is 4.39 Å². The van der Waals surface area contributed by atoms with Gasteiger partial charge in [0.2, 0.25) is 0 Å². The zero-order valence-electron chi connectivity index (χ0n) is 7.51. The lowest BCUT2D eigenvalue weighted by Gasteiger charge is -2.28. The molecule has 1 aliphatic rings. The maximum atomic E-state index is 12.7. The molecule has 0 saturated carbocycles. The van der Waals surface area contributed by atoms with Crippen molar-refractivity contribution < 1.29 is 9.13 Å². The van der Waals surface area contributed by atoms with Crippen LogP contribution in [0.2, 0.25) is 0 Å². The van der Waals surface area contributed by atoms with E-state index in [4.69, 9.17) is 4.74 Å². The highest BCUT2D eigenvalue weighted by atomic mass is 19.1. The molecule has 0 atom stereocenters. The summed E-state index contributed by atoms with van der Waals surface area (Å²) in [6.07, 6.45) is 0. The minimum absolute atomic E-state index is 0.187. The van der Waals surface area contributed by atoms with E-state index in [9.17, 15) is 4.39 Å². The zero-order chi connectivity index (χ0) is 9.26. The lowest BCUT2D eigenvalue weighted by Crippen LogP contribution is -2.40. The number of aryl methyl sites for hydroxylation is 1. The molecule has 3 heteroatoms. The van der Waals surface area contributed by atoms with Crippen molar-refractivity contribution in [2.24, 2.45) is 0 Å². The van der Waals surface area contributed by atoms with Gasteiger partial charge >= 0.3 is 0 Å². The highest BCUT2D eigenvalue weighted by molar-refractivity contribution is 5.51. The third-order valence-electron chi connectivity index (χ3n) is 2.19. The first-order valence-electron chi connectivity index (χ1n) is 4.36. The van der Waals surface area contributed by atoms with Gasteiger partial charge in [0.15, 0.2) is 0 Å². The summed E-state index contributed by atoms with van der Waals surface area (Å²) >= 11 is 0.